The van der Waals surface area contributed by atoms with E-state index in [1.54, 1.807) is 30.3 Å². The number of fused-ring (bicyclic) bond motifs is 1. The lowest BCUT2D eigenvalue weighted by Gasteiger charge is -2.13. The molecule has 9 heteroatoms. The molecule has 1 atom stereocenters. The minimum Gasteiger partial charge on any atom is -0.508 e. The molecule has 1 saturated heterocycles. The number of nitrogens with zero attached hydrogens (tertiary/aromatic N) is 1. The lowest BCUT2D eigenvalue weighted by molar-refractivity contribution is -0.130. The third-order valence-electron chi connectivity index (χ3n) is 4.40. The van der Waals surface area contributed by atoms with Crippen LogP contribution in [0.3, 0.4) is 0 Å². The molecule has 0 saturated carbocycles. The van der Waals surface area contributed by atoms with Gasteiger partial charge in [0.05, 0.1) is 13.0 Å². The molecule has 2 aliphatic rings. The predicted molar refractivity (Wildman–Crippen MR) is 96.8 cm³/mol. The smallest absolute Gasteiger partial charge is 0.325 e. The van der Waals surface area contributed by atoms with Gasteiger partial charge in [-0.25, -0.2) is 4.79 Å². The molecular formula is C19H17N3O6. The number of phenols is 1. The Morgan fingerprint density at radius 3 is 2.82 bits per heavy atom. The average molecular weight is 383 g/mol. The van der Waals surface area contributed by atoms with Crippen LogP contribution in [-0.4, -0.2) is 40.7 Å². The van der Waals surface area contributed by atoms with Crippen molar-refractivity contribution in [3.63, 3.8) is 0 Å². The first-order valence-electron chi connectivity index (χ1n) is 8.59. The van der Waals surface area contributed by atoms with Crippen molar-refractivity contribution in [2.45, 2.75) is 19.0 Å². The maximum absolute atomic E-state index is 12.6. The molecule has 3 N–H and O–H groups in total. The second kappa shape index (κ2) is 7.10. The van der Waals surface area contributed by atoms with Gasteiger partial charge in [-0.1, -0.05) is 12.1 Å². The van der Waals surface area contributed by atoms with E-state index in [2.05, 4.69) is 10.6 Å². The van der Waals surface area contributed by atoms with Crippen LogP contribution in [0.5, 0.6) is 17.2 Å². The predicted octanol–water partition coefficient (Wildman–Crippen LogP) is 1.57. The molecule has 0 radical (unpaired) electrons. The highest BCUT2D eigenvalue weighted by Crippen LogP contribution is 2.33. The Labute approximate surface area is 159 Å². The Kier molecular flexibility index (Phi) is 4.48. The van der Waals surface area contributed by atoms with Crippen LogP contribution in [0.25, 0.3) is 0 Å². The summed E-state index contributed by atoms with van der Waals surface area (Å²) in [6.45, 7) is 0.199. The summed E-state index contributed by atoms with van der Waals surface area (Å²) in [7, 11) is 0. The van der Waals surface area contributed by atoms with Gasteiger partial charge in [0.1, 0.15) is 11.8 Å². The summed E-state index contributed by atoms with van der Waals surface area (Å²) >= 11 is 0. The molecule has 2 heterocycles. The van der Waals surface area contributed by atoms with Crippen LogP contribution in [-0.2, 0) is 16.1 Å². The van der Waals surface area contributed by atoms with Crippen molar-refractivity contribution >= 4 is 23.5 Å². The maximum atomic E-state index is 12.6. The minimum absolute atomic E-state index is 0.0120. The van der Waals surface area contributed by atoms with Gasteiger partial charge in [0, 0.05) is 11.8 Å². The second-order valence-corrected chi connectivity index (χ2v) is 6.42. The fourth-order valence-electron chi connectivity index (χ4n) is 3.07. The van der Waals surface area contributed by atoms with Crippen LogP contribution in [0.15, 0.2) is 42.5 Å². The summed E-state index contributed by atoms with van der Waals surface area (Å²) in [5, 5.41) is 14.5. The normalized spacial score (nSPS) is 17.6. The number of hydrogen-bond donors (Lipinski definition) is 3. The zero-order chi connectivity index (χ0) is 19.7. The molecule has 0 spiro atoms. The van der Waals surface area contributed by atoms with E-state index >= 15 is 0 Å². The van der Waals surface area contributed by atoms with Gasteiger partial charge in [0.2, 0.25) is 12.7 Å². The van der Waals surface area contributed by atoms with Gasteiger partial charge in [0.15, 0.2) is 11.5 Å². The topological polar surface area (TPSA) is 117 Å². The number of anilines is 1. The van der Waals surface area contributed by atoms with Gasteiger partial charge in [0.25, 0.3) is 5.91 Å². The molecular weight excluding hydrogens is 366 g/mol. The molecule has 2 aromatic carbocycles. The van der Waals surface area contributed by atoms with Gasteiger partial charge in [-0.15, -0.1) is 0 Å². The highest BCUT2D eigenvalue weighted by atomic mass is 16.7. The number of rotatable bonds is 5. The first kappa shape index (κ1) is 17.7. The largest absolute Gasteiger partial charge is 0.508 e. The molecule has 4 amide bonds. The van der Waals surface area contributed by atoms with Crippen LogP contribution >= 0.6 is 0 Å². The molecule has 0 unspecified atom stereocenters. The molecule has 1 fully saturated rings. The number of urea groups is 1. The zero-order valence-electron chi connectivity index (χ0n) is 14.7. The summed E-state index contributed by atoms with van der Waals surface area (Å²) in [6.07, 6.45) is -0.210. The first-order chi connectivity index (χ1) is 13.5. The lowest BCUT2D eigenvalue weighted by atomic mass is 10.1. The Bertz CT molecular complexity index is 960. The monoisotopic (exact) mass is 383 g/mol. The highest BCUT2D eigenvalue weighted by molar-refractivity contribution is 6.06. The second-order valence-electron chi connectivity index (χ2n) is 6.42. The maximum Gasteiger partial charge on any atom is 0.325 e. The van der Waals surface area contributed by atoms with E-state index in [1.807, 2.05) is 0 Å². The Morgan fingerprint density at radius 2 is 2.00 bits per heavy atom. The lowest BCUT2D eigenvalue weighted by Crippen LogP contribution is -2.34. The third-order valence-corrected chi connectivity index (χ3v) is 4.40. The van der Waals surface area contributed by atoms with Crippen LogP contribution in [0.1, 0.15) is 12.0 Å². The van der Waals surface area contributed by atoms with Crippen molar-refractivity contribution in [2.75, 3.05) is 12.1 Å². The molecule has 9 nitrogen and oxygen atoms in total. The summed E-state index contributed by atoms with van der Waals surface area (Å²) in [5.41, 5.74) is 1.11. The fourth-order valence-corrected chi connectivity index (χ4v) is 3.07. The van der Waals surface area contributed by atoms with Crippen molar-refractivity contribution < 1.29 is 29.0 Å². The molecule has 28 heavy (non-hydrogen) atoms. The van der Waals surface area contributed by atoms with Crippen molar-refractivity contribution in [2.24, 2.45) is 0 Å². The zero-order valence-corrected chi connectivity index (χ0v) is 14.7. The van der Waals surface area contributed by atoms with Crippen LogP contribution in [0, 0.1) is 0 Å². The Hall–Kier alpha value is -3.75. The highest BCUT2D eigenvalue weighted by Gasteiger charge is 2.39. The van der Waals surface area contributed by atoms with E-state index in [0.29, 0.717) is 22.7 Å². The average Bonchev–Trinajstić information content (AvgIpc) is 3.21. The Morgan fingerprint density at radius 1 is 1.18 bits per heavy atom. The number of amides is 4. The van der Waals surface area contributed by atoms with Gasteiger partial charge < -0.3 is 25.2 Å². The minimum atomic E-state index is -0.946. The molecule has 0 aromatic heterocycles. The summed E-state index contributed by atoms with van der Waals surface area (Å²) in [5.74, 6) is 0.259. The fraction of sp³-hybridized carbons (Fsp3) is 0.211. The number of benzene rings is 2. The van der Waals surface area contributed by atoms with E-state index in [-0.39, 0.29) is 25.5 Å². The van der Waals surface area contributed by atoms with E-state index < -0.39 is 23.9 Å². The van der Waals surface area contributed by atoms with Crippen LogP contribution in [0.2, 0.25) is 0 Å². The third kappa shape index (κ3) is 3.54. The summed E-state index contributed by atoms with van der Waals surface area (Å²) in [4.78, 5) is 38.0. The number of nitrogens with one attached hydrogen (secondary N) is 2. The standard InChI is InChI=1S/C19H17N3O6/c23-13-3-1-2-12(7-13)20-17(24)8-14-18(25)22(19(26)21-14)9-11-4-5-15-16(6-11)28-10-27-15/h1-7,14,23H,8-10H2,(H,20,24)(H,21,26)/t14-/m0/s1. The van der Waals surface area contributed by atoms with E-state index in [9.17, 15) is 19.5 Å². The molecule has 4 rings (SSSR count). The molecule has 144 valence electrons. The van der Waals surface area contributed by atoms with Crippen molar-refractivity contribution in [3.8, 4) is 17.2 Å². The van der Waals surface area contributed by atoms with Crippen LogP contribution < -0.4 is 20.1 Å². The summed E-state index contributed by atoms with van der Waals surface area (Å²) < 4.78 is 10.5. The number of hydrogen-bond acceptors (Lipinski definition) is 6. The summed E-state index contributed by atoms with van der Waals surface area (Å²) in [6, 6.07) is 9.73. The molecule has 2 aliphatic heterocycles. The number of aromatic hydroxyl groups is 1. The molecule has 0 bridgehead atoms. The SMILES string of the molecule is O=C(C[C@@H]1NC(=O)N(Cc2ccc3c(c2)OCO3)C1=O)Nc1cccc(O)c1. The number of phenolic OH excluding ortho intramolecular Hbond substituents is 1. The van der Waals surface area contributed by atoms with E-state index in [0.717, 1.165) is 4.90 Å². The van der Waals surface area contributed by atoms with Gasteiger partial charge in [-0.05, 0) is 29.8 Å². The van der Waals surface area contributed by atoms with E-state index in [1.165, 1.54) is 12.1 Å². The Balaban J connectivity index is 1.39. The van der Waals surface area contributed by atoms with E-state index in [4.69, 9.17) is 9.47 Å². The quantitative estimate of drug-likeness (QED) is 0.675. The number of carbonyl (C=O) groups is 3. The van der Waals surface area contributed by atoms with Crippen molar-refractivity contribution in [3.05, 3.63) is 48.0 Å². The molecule has 0 aliphatic carbocycles. The number of ether oxygens (including phenoxy) is 2. The van der Waals surface area contributed by atoms with Crippen LogP contribution in [0.4, 0.5) is 10.5 Å². The first-order valence-corrected chi connectivity index (χ1v) is 8.59. The van der Waals surface area contributed by atoms with Crippen molar-refractivity contribution in [1.29, 1.82) is 0 Å². The molecule has 2 aromatic rings. The number of carbonyl (C=O) groups excluding carboxylic acids is 3. The van der Waals surface area contributed by atoms with Crippen molar-refractivity contribution in [1.82, 2.24) is 10.2 Å². The van der Waals surface area contributed by atoms with Gasteiger partial charge >= 0.3 is 6.03 Å². The van der Waals surface area contributed by atoms with Gasteiger partial charge in [-0.3, -0.25) is 14.5 Å². The number of imide groups is 1. The van der Waals surface area contributed by atoms with Gasteiger partial charge in [-0.2, -0.15) is 0 Å².